The second kappa shape index (κ2) is 13.3. The molecular weight excluding hydrogens is 586 g/mol. The van der Waals surface area contributed by atoms with Crippen LogP contribution >= 0.6 is 0 Å². The van der Waals surface area contributed by atoms with Crippen LogP contribution in [0.25, 0.3) is 21.9 Å². The van der Waals surface area contributed by atoms with Gasteiger partial charge in [-0.1, -0.05) is 62.6 Å². The summed E-state index contributed by atoms with van der Waals surface area (Å²) in [6.45, 7) is 4.47. The predicted octanol–water partition coefficient (Wildman–Crippen LogP) is 1.92. The third-order valence-corrected chi connectivity index (χ3v) is 5.66. The van der Waals surface area contributed by atoms with Crippen LogP contribution in [-0.2, 0) is 32.3 Å². The van der Waals surface area contributed by atoms with E-state index in [9.17, 15) is 0 Å². The monoisotopic (exact) mass is 614 g/mol. The van der Waals surface area contributed by atoms with Crippen LogP contribution in [0, 0.1) is 6.07 Å². The summed E-state index contributed by atoms with van der Waals surface area (Å²) in [7, 11) is 0. The summed E-state index contributed by atoms with van der Waals surface area (Å²) in [5, 5.41) is 2.75. The van der Waals surface area contributed by atoms with Crippen LogP contribution in [0.15, 0.2) is 78.9 Å². The second-order valence-corrected chi connectivity index (χ2v) is 7.67. The minimum Gasteiger partial charge on any atom is -1.00 e. The van der Waals surface area contributed by atoms with Gasteiger partial charge in [0.25, 0.3) is 0 Å². The van der Waals surface area contributed by atoms with Crippen LogP contribution in [0.2, 0.25) is 0 Å². The standard InChI is InChI=1S/C16H15.C12H13.2ClH.Hf/c1-2-7-12-13-8-3-5-10-15(13)16-11-6-4-9-14(12)16;1-2-5-10-8-11-6-3-4-7-12(11)9-10;;;/h3-6,8,10-12H,2,7H2,1H3;3-4,6-9H,2,5H2,1H3;2*1H;/q2*-1;;;+4/p-2. The Morgan fingerprint density at radius 1 is 0.839 bits per heavy atom. The van der Waals surface area contributed by atoms with Gasteiger partial charge in [-0.15, -0.1) is 51.7 Å². The number of aryl methyl sites for hydroxylation is 1. The maximum atomic E-state index is 3.43. The molecule has 3 heteroatoms. The summed E-state index contributed by atoms with van der Waals surface area (Å²) in [4.78, 5) is 0. The summed E-state index contributed by atoms with van der Waals surface area (Å²) in [5.41, 5.74) is 7.15. The molecule has 0 radical (unpaired) electrons. The van der Waals surface area contributed by atoms with E-state index < -0.39 is 0 Å². The van der Waals surface area contributed by atoms with Gasteiger partial charge in [0.2, 0.25) is 0 Å². The SMILES string of the molecule is CCCC1c2[c-]cccc2-c2ccccc21.CCCc1cc2ccccc2[cH-]1.[Cl-].[Cl-].[Hf+4]. The van der Waals surface area contributed by atoms with E-state index >= 15 is 0 Å². The van der Waals surface area contributed by atoms with Gasteiger partial charge in [0, 0.05) is 0 Å². The average Bonchev–Trinajstić information content (AvgIpc) is 3.29. The number of rotatable bonds is 4. The molecule has 4 aromatic carbocycles. The summed E-state index contributed by atoms with van der Waals surface area (Å²) in [6.07, 6.45) is 4.89. The first-order valence-corrected chi connectivity index (χ1v) is 10.6. The summed E-state index contributed by atoms with van der Waals surface area (Å²) in [5.74, 6) is 0.567. The van der Waals surface area contributed by atoms with Gasteiger partial charge in [-0.05, 0) is 24.3 Å². The minimum atomic E-state index is 0. The smallest absolute Gasteiger partial charge is 1.00 e. The Bertz CT molecular complexity index is 989. The fraction of sp³-hybridized carbons (Fsp3) is 0.250. The normalized spacial score (nSPS) is 12.9. The molecule has 0 saturated heterocycles. The van der Waals surface area contributed by atoms with Crippen LogP contribution in [0.4, 0.5) is 0 Å². The molecular formula is C28H28Cl2Hf. The zero-order valence-corrected chi connectivity index (χ0v) is 23.3. The molecule has 31 heavy (non-hydrogen) atoms. The number of halogens is 2. The van der Waals surface area contributed by atoms with Crippen molar-refractivity contribution in [3.63, 3.8) is 0 Å². The molecule has 1 unspecified atom stereocenters. The average molecular weight is 614 g/mol. The molecule has 0 amide bonds. The zero-order chi connectivity index (χ0) is 19.3. The quantitative estimate of drug-likeness (QED) is 0.244. The van der Waals surface area contributed by atoms with Crippen LogP contribution < -0.4 is 24.8 Å². The molecule has 0 bridgehead atoms. The van der Waals surface area contributed by atoms with E-state index in [4.69, 9.17) is 0 Å². The maximum Gasteiger partial charge on any atom is 4.00 e. The fourth-order valence-corrected chi connectivity index (χ4v) is 4.41. The van der Waals surface area contributed by atoms with E-state index in [-0.39, 0.29) is 50.7 Å². The summed E-state index contributed by atoms with van der Waals surface area (Å²) in [6, 6.07) is 31.7. The van der Waals surface area contributed by atoms with Gasteiger partial charge in [0.05, 0.1) is 0 Å². The Balaban J connectivity index is 0.000000292. The van der Waals surface area contributed by atoms with E-state index in [1.54, 1.807) is 0 Å². The molecule has 5 rings (SSSR count). The van der Waals surface area contributed by atoms with Crippen LogP contribution in [0.1, 0.15) is 55.7 Å². The zero-order valence-electron chi connectivity index (χ0n) is 18.2. The first-order chi connectivity index (χ1) is 13.8. The third kappa shape index (κ3) is 6.15. The summed E-state index contributed by atoms with van der Waals surface area (Å²) < 4.78 is 0. The Morgan fingerprint density at radius 2 is 1.55 bits per heavy atom. The molecule has 0 aromatic heterocycles. The molecule has 0 N–H and O–H groups in total. The molecule has 0 heterocycles. The summed E-state index contributed by atoms with van der Waals surface area (Å²) >= 11 is 0. The van der Waals surface area contributed by atoms with E-state index in [1.807, 2.05) is 6.07 Å². The van der Waals surface area contributed by atoms with Crippen LogP contribution in [0.5, 0.6) is 0 Å². The van der Waals surface area contributed by atoms with E-state index in [1.165, 1.54) is 64.3 Å². The van der Waals surface area contributed by atoms with Gasteiger partial charge in [-0.25, -0.2) is 0 Å². The van der Waals surface area contributed by atoms with Gasteiger partial charge in [0.15, 0.2) is 0 Å². The van der Waals surface area contributed by atoms with Gasteiger partial charge in [0.1, 0.15) is 0 Å². The number of hydrogen-bond donors (Lipinski definition) is 0. The molecule has 0 spiro atoms. The number of benzene rings is 3. The molecule has 0 nitrogen and oxygen atoms in total. The van der Waals surface area contributed by atoms with E-state index in [0.29, 0.717) is 5.92 Å². The van der Waals surface area contributed by atoms with E-state index in [2.05, 4.69) is 92.7 Å². The van der Waals surface area contributed by atoms with Crippen molar-refractivity contribution in [1.29, 1.82) is 0 Å². The minimum absolute atomic E-state index is 0. The Kier molecular flexibility index (Phi) is 11.9. The molecule has 0 fully saturated rings. The Labute approximate surface area is 218 Å². The van der Waals surface area contributed by atoms with Gasteiger partial charge < -0.3 is 24.8 Å². The third-order valence-electron chi connectivity index (χ3n) is 5.66. The number of hydrogen-bond acceptors (Lipinski definition) is 0. The Morgan fingerprint density at radius 3 is 2.29 bits per heavy atom. The maximum absolute atomic E-state index is 3.43. The first-order valence-electron chi connectivity index (χ1n) is 10.6. The van der Waals surface area contributed by atoms with Crippen molar-refractivity contribution < 1.29 is 50.7 Å². The molecule has 1 atom stereocenters. The predicted molar refractivity (Wildman–Crippen MR) is 121 cm³/mol. The van der Waals surface area contributed by atoms with Gasteiger partial charge >= 0.3 is 25.8 Å². The van der Waals surface area contributed by atoms with Crippen molar-refractivity contribution >= 4 is 10.8 Å². The Hall–Kier alpha value is -1.28. The second-order valence-electron chi connectivity index (χ2n) is 7.67. The number of fused-ring (bicyclic) bond motifs is 4. The van der Waals surface area contributed by atoms with Crippen molar-refractivity contribution in [2.45, 2.75) is 45.4 Å². The molecule has 158 valence electrons. The van der Waals surface area contributed by atoms with E-state index in [0.717, 1.165) is 0 Å². The largest absolute Gasteiger partial charge is 4.00 e. The van der Waals surface area contributed by atoms with Gasteiger partial charge in [-0.2, -0.15) is 30.3 Å². The van der Waals surface area contributed by atoms with Crippen LogP contribution in [0.3, 0.4) is 0 Å². The van der Waals surface area contributed by atoms with Crippen molar-refractivity contribution in [2.24, 2.45) is 0 Å². The first kappa shape index (κ1) is 27.8. The molecule has 1 aliphatic carbocycles. The van der Waals surface area contributed by atoms with Crippen LogP contribution in [-0.4, -0.2) is 0 Å². The van der Waals surface area contributed by atoms with Crippen molar-refractivity contribution in [1.82, 2.24) is 0 Å². The van der Waals surface area contributed by atoms with Crippen molar-refractivity contribution in [3.8, 4) is 11.1 Å². The molecule has 0 aliphatic heterocycles. The fourth-order valence-electron chi connectivity index (χ4n) is 4.41. The van der Waals surface area contributed by atoms with Crippen molar-refractivity contribution in [3.05, 3.63) is 102 Å². The molecule has 4 aromatic rings. The molecule has 1 aliphatic rings. The topological polar surface area (TPSA) is 0 Å². The van der Waals surface area contributed by atoms with Crippen molar-refractivity contribution in [2.75, 3.05) is 0 Å². The molecule has 0 saturated carbocycles. The van der Waals surface area contributed by atoms with Gasteiger partial charge in [-0.3, -0.25) is 0 Å².